The summed E-state index contributed by atoms with van der Waals surface area (Å²) in [4.78, 5) is 12.1. The molecule has 0 radical (unpaired) electrons. The molecule has 0 fully saturated rings. The van der Waals surface area contributed by atoms with Crippen molar-refractivity contribution in [3.8, 4) is 6.07 Å². The number of amides is 1. The number of benzene rings is 1. The van der Waals surface area contributed by atoms with E-state index < -0.39 is 38.0 Å². The Morgan fingerprint density at radius 3 is 2.33 bits per heavy atom. The molecule has 168 valence electrons. The van der Waals surface area contributed by atoms with Crippen LogP contribution in [0.25, 0.3) is 0 Å². The lowest BCUT2D eigenvalue weighted by atomic mass is 10.0. The van der Waals surface area contributed by atoms with Crippen molar-refractivity contribution in [1.82, 2.24) is 5.32 Å². The molecule has 1 unspecified atom stereocenters. The first-order chi connectivity index (χ1) is 13.5. The van der Waals surface area contributed by atoms with E-state index in [4.69, 9.17) is 14.4 Å². The summed E-state index contributed by atoms with van der Waals surface area (Å²) in [5.74, 6) is -0.586. The molecule has 1 rings (SSSR count). The molecule has 0 aliphatic rings. The number of carbonyl (C=O) groups excluding carboxylic acids is 1. The molecule has 6 nitrogen and oxygen atoms in total. The Balaban J connectivity index is 3.01. The third-order valence-corrected chi connectivity index (χ3v) is 9.60. The van der Waals surface area contributed by atoms with E-state index in [1.165, 1.54) is 12.1 Å². The molecule has 2 N–H and O–H groups in total. The number of halogens is 1. The van der Waals surface area contributed by atoms with Gasteiger partial charge in [-0.05, 0) is 62.7 Å². The van der Waals surface area contributed by atoms with Gasteiger partial charge in [-0.2, -0.15) is 5.26 Å². The van der Waals surface area contributed by atoms with Gasteiger partial charge < -0.3 is 19.6 Å². The quantitative estimate of drug-likeness (QED) is 0.582. The Labute approximate surface area is 180 Å². The topological polar surface area (TPSA) is 91.6 Å². The van der Waals surface area contributed by atoms with Crippen LogP contribution < -0.4 is 5.32 Å². The van der Waals surface area contributed by atoms with Gasteiger partial charge in [0, 0.05) is 13.0 Å². The molecule has 1 aromatic rings. The van der Waals surface area contributed by atoms with E-state index in [0.29, 0.717) is 5.56 Å². The van der Waals surface area contributed by atoms with Crippen molar-refractivity contribution in [3.63, 3.8) is 0 Å². The van der Waals surface area contributed by atoms with Crippen LogP contribution in [0.5, 0.6) is 0 Å². The van der Waals surface area contributed by atoms with Gasteiger partial charge in [0.05, 0.1) is 23.8 Å². The zero-order chi connectivity index (χ0) is 23.3. The van der Waals surface area contributed by atoms with E-state index >= 15 is 0 Å². The standard InChI is InChI=1S/C22H35FN2O4Si/c1-21(2,3)28-20(27)25-14-18(29-30(7,8)22(4,5)6)12-19(26)16-9-15(13-24)10-17(23)11-16/h9-11,18-19,26H,12,14H2,1-8H3,(H,25,27)/t18-,19?/m1/s1. The van der Waals surface area contributed by atoms with Gasteiger partial charge in [-0.1, -0.05) is 20.8 Å². The first-order valence-electron chi connectivity index (χ1n) is 10.1. The fourth-order valence-electron chi connectivity index (χ4n) is 2.53. The second-order valence-electron chi connectivity index (χ2n) is 10.0. The van der Waals surface area contributed by atoms with Gasteiger partial charge in [-0.25, -0.2) is 9.18 Å². The molecular weight excluding hydrogens is 403 g/mol. The van der Waals surface area contributed by atoms with E-state index in [1.54, 1.807) is 20.8 Å². The summed E-state index contributed by atoms with van der Waals surface area (Å²) >= 11 is 0. The van der Waals surface area contributed by atoms with Crippen LogP contribution >= 0.6 is 0 Å². The lowest BCUT2D eigenvalue weighted by Crippen LogP contribution is -2.47. The molecule has 1 aromatic carbocycles. The largest absolute Gasteiger partial charge is 0.444 e. The van der Waals surface area contributed by atoms with Gasteiger partial charge in [0.15, 0.2) is 8.32 Å². The minimum atomic E-state index is -2.21. The number of aliphatic hydroxyl groups is 1. The normalized spacial score (nSPS) is 14.6. The Hall–Kier alpha value is -1.95. The minimum absolute atomic E-state index is 0.0745. The number of nitrogens with zero attached hydrogens (tertiary/aromatic N) is 1. The summed E-state index contributed by atoms with van der Waals surface area (Å²) in [6, 6.07) is 5.66. The van der Waals surface area contributed by atoms with Crippen LogP contribution in [-0.2, 0) is 9.16 Å². The van der Waals surface area contributed by atoms with Crippen molar-refractivity contribution < 1.29 is 23.5 Å². The Morgan fingerprint density at radius 2 is 1.83 bits per heavy atom. The molecule has 0 saturated heterocycles. The molecule has 1 amide bonds. The lowest BCUT2D eigenvalue weighted by Gasteiger charge is -2.39. The van der Waals surface area contributed by atoms with Crippen molar-refractivity contribution in [3.05, 3.63) is 35.1 Å². The Bertz CT molecular complexity index is 779. The summed E-state index contributed by atoms with van der Waals surface area (Å²) in [5.41, 5.74) is -0.195. The first kappa shape index (κ1) is 26.1. The SMILES string of the molecule is CC(C)(C)OC(=O)NC[C@@H](CC(O)c1cc(F)cc(C#N)c1)O[Si](C)(C)C(C)(C)C. The fourth-order valence-corrected chi connectivity index (χ4v) is 3.90. The highest BCUT2D eigenvalue weighted by Gasteiger charge is 2.39. The smallest absolute Gasteiger partial charge is 0.407 e. The van der Waals surface area contributed by atoms with Crippen LogP contribution in [0.1, 0.15) is 65.2 Å². The van der Waals surface area contributed by atoms with Gasteiger partial charge in [-0.3, -0.25) is 0 Å². The predicted molar refractivity (Wildman–Crippen MR) is 117 cm³/mol. The number of ether oxygens (including phenoxy) is 1. The fraction of sp³-hybridized carbons (Fsp3) is 0.636. The number of carbonyl (C=O) groups is 1. The van der Waals surface area contributed by atoms with Crippen molar-refractivity contribution >= 4 is 14.4 Å². The summed E-state index contributed by atoms with van der Waals surface area (Å²) in [6.45, 7) is 15.9. The van der Waals surface area contributed by atoms with Crippen LogP contribution in [0.4, 0.5) is 9.18 Å². The summed E-state index contributed by atoms with van der Waals surface area (Å²) < 4.78 is 25.5. The second kappa shape index (κ2) is 9.90. The number of rotatable bonds is 7. The van der Waals surface area contributed by atoms with Crippen LogP contribution in [0.3, 0.4) is 0 Å². The Kier molecular flexibility index (Phi) is 8.61. The molecule has 30 heavy (non-hydrogen) atoms. The van der Waals surface area contributed by atoms with E-state index in [2.05, 4.69) is 39.2 Å². The highest BCUT2D eigenvalue weighted by molar-refractivity contribution is 6.74. The second-order valence-corrected chi connectivity index (χ2v) is 14.8. The zero-order valence-electron chi connectivity index (χ0n) is 19.3. The number of aliphatic hydroxyl groups excluding tert-OH is 1. The van der Waals surface area contributed by atoms with Gasteiger partial charge in [0.1, 0.15) is 11.4 Å². The molecular formula is C22H35FN2O4Si. The molecule has 0 spiro atoms. The van der Waals surface area contributed by atoms with E-state index in [1.807, 2.05) is 6.07 Å². The van der Waals surface area contributed by atoms with Crippen LogP contribution in [-0.4, -0.2) is 37.8 Å². The lowest BCUT2D eigenvalue weighted by molar-refractivity contribution is 0.0453. The first-order valence-corrected chi connectivity index (χ1v) is 13.0. The number of alkyl carbamates (subject to hydrolysis) is 1. The van der Waals surface area contributed by atoms with Gasteiger partial charge in [0.2, 0.25) is 0 Å². The van der Waals surface area contributed by atoms with Crippen molar-refractivity contribution in [2.24, 2.45) is 0 Å². The van der Waals surface area contributed by atoms with E-state index in [-0.39, 0.29) is 23.6 Å². The highest BCUT2D eigenvalue weighted by atomic mass is 28.4. The molecule has 0 aliphatic carbocycles. The van der Waals surface area contributed by atoms with Crippen LogP contribution in [0.15, 0.2) is 18.2 Å². The molecule has 0 aliphatic heterocycles. The van der Waals surface area contributed by atoms with Crippen LogP contribution in [0, 0.1) is 17.1 Å². The van der Waals surface area contributed by atoms with E-state index in [9.17, 15) is 14.3 Å². The highest BCUT2D eigenvalue weighted by Crippen LogP contribution is 2.38. The number of nitrogens with one attached hydrogen (secondary N) is 1. The third-order valence-electron chi connectivity index (χ3n) is 5.06. The summed E-state index contributed by atoms with van der Waals surface area (Å²) in [5, 5.41) is 22.4. The average Bonchev–Trinajstić information content (AvgIpc) is 2.56. The number of nitriles is 1. The number of hydrogen-bond acceptors (Lipinski definition) is 5. The van der Waals surface area contributed by atoms with E-state index in [0.717, 1.165) is 6.07 Å². The van der Waals surface area contributed by atoms with Gasteiger partial charge in [-0.15, -0.1) is 0 Å². The summed E-state index contributed by atoms with van der Waals surface area (Å²) in [6.07, 6.45) is -2.00. The van der Waals surface area contributed by atoms with Crippen LogP contribution in [0.2, 0.25) is 18.1 Å². The van der Waals surface area contributed by atoms with Gasteiger partial charge in [0.25, 0.3) is 0 Å². The average molecular weight is 439 g/mol. The number of hydrogen-bond donors (Lipinski definition) is 2. The summed E-state index contributed by atoms with van der Waals surface area (Å²) in [7, 11) is -2.21. The van der Waals surface area contributed by atoms with Crippen molar-refractivity contribution in [2.45, 2.75) is 83.9 Å². The van der Waals surface area contributed by atoms with Gasteiger partial charge >= 0.3 is 6.09 Å². The molecule has 0 heterocycles. The van der Waals surface area contributed by atoms with Crippen molar-refractivity contribution in [1.29, 1.82) is 5.26 Å². The molecule has 0 saturated carbocycles. The maximum atomic E-state index is 13.8. The maximum absolute atomic E-state index is 13.8. The third kappa shape index (κ3) is 8.42. The minimum Gasteiger partial charge on any atom is -0.444 e. The Morgan fingerprint density at radius 1 is 1.23 bits per heavy atom. The molecule has 8 heteroatoms. The molecule has 2 atom stereocenters. The molecule has 0 aromatic heterocycles. The predicted octanol–water partition coefficient (Wildman–Crippen LogP) is 5.04. The maximum Gasteiger partial charge on any atom is 0.407 e. The zero-order valence-corrected chi connectivity index (χ0v) is 20.3. The monoisotopic (exact) mass is 438 g/mol. The molecule has 0 bridgehead atoms. The van der Waals surface area contributed by atoms with Crippen molar-refractivity contribution in [2.75, 3.05) is 6.54 Å².